The van der Waals surface area contributed by atoms with Gasteiger partial charge in [-0.15, -0.1) is 0 Å². The number of hydrogen-bond donors (Lipinski definition) is 1. The van der Waals surface area contributed by atoms with Crippen LogP contribution in [0.5, 0.6) is 5.88 Å². The monoisotopic (exact) mass is 482 g/mol. The minimum Gasteiger partial charge on any atom is -0.407 e. The van der Waals surface area contributed by atoms with Crippen molar-refractivity contribution < 1.29 is 14.3 Å². The number of halogens is 1. The topological polar surface area (TPSA) is 88.9 Å². The summed E-state index contributed by atoms with van der Waals surface area (Å²) in [6.45, 7) is 5.17. The molecule has 0 saturated carbocycles. The molecular weight excluding hydrogens is 456 g/mol. The summed E-state index contributed by atoms with van der Waals surface area (Å²) in [6, 6.07) is 16.8. The third kappa shape index (κ3) is 5.64. The van der Waals surface area contributed by atoms with Crippen LogP contribution < -0.4 is 10.3 Å². The lowest BCUT2D eigenvalue weighted by Crippen LogP contribution is -2.40. The Balaban J connectivity index is 1.81. The summed E-state index contributed by atoms with van der Waals surface area (Å²) >= 11 is 6.36. The van der Waals surface area contributed by atoms with Gasteiger partial charge in [0, 0.05) is 26.1 Å². The van der Waals surface area contributed by atoms with Gasteiger partial charge in [0.2, 0.25) is 5.88 Å². The molecule has 1 fully saturated rings. The number of esters is 1. The molecule has 1 aliphatic rings. The Morgan fingerprint density at radius 1 is 1.12 bits per heavy atom. The van der Waals surface area contributed by atoms with Gasteiger partial charge in [-0.2, -0.15) is 0 Å². The number of para-hydroxylation sites is 1. The Morgan fingerprint density at radius 2 is 1.82 bits per heavy atom. The SMILES string of the molecule is CCC(=O)Oc1[nH]n(-c2ccccc2Cl)c(=O)c1C(CN1CCOCC1)=NCc1ccccc1. The number of aliphatic imine (C=N–C) groups is 1. The highest BCUT2D eigenvalue weighted by atomic mass is 35.5. The summed E-state index contributed by atoms with van der Waals surface area (Å²) in [5, 5.41) is 3.33. The number of nitrogens with zero attached hydrogens (tertiary/aromatic N) is 3. The number of rotatable bonds is 8. The molecule has 3 aromatic rings. The predicted octanol–water partition coefficient (Wildman–Crippen LogP) is 3.46. The fraction of sp³-hybridized carbons (Fsp3) is 0.320. The molecule has 4 rings (SSSR count). The summed E-state index contributed by atoms with van der Waals surface area (Å²) < 4.78 is 12.3. The molecule has 0 spiro atoms. The smallest absolute Gasteiger partial charge is 0.312 e. The van der Waals surface area contributed by atoms with E-state index in [9.17, 15) is 9.59 Å². The Labute approximate surface area is 202 Å². The van der Waals surface area contributed by atoms with Crippen molar-refractivity contribution in [2.24, 2.45) is 4.99 Å². The van der Waals surface area contributed by atoms with E-state index in [1.54, 1.807) is 31.2 Å². The molecule has 8 nitrogen and oxygen atoms in total. The van der Waals surface area contributed by atoms with Gasteiger partial charge >= 0.3 is 5.97 Å². The molecule has 178 valence electrons. The number of carbonyl (C=O) groups excluding carboxylic acids is 1. The molecule has 1 saturated heterocycles. The number of hydrogen-bond acceptors (Lipinski definition) is 6. The zero-order valence-corrected chi connectivity index (χ0v) is 19.8. The lowest BCUT2D eigenvalue weighted by molar-refractivity contribution is -0.134. The molecule has 1 aromatic heterocycles. The van der Waals surface area contributed by atoms with E-state index in [-0.39, 0.29) is 23.4 Å². The first kappa shape index (κ1) is 23.9. The van der Waals surface area contributed by atoms with Gasteiger partial charge in [0.1, 0.15) is 5.56 Å². The number of aromatic amines is 1. The summed E-state index contributed by atoms with van der Waals surface area (Å²) in [7, 11) is 0. The van der Waals surface area contributed by atoms with Crippen LogP contribution in [0.2, 0.25) is 5.02 Å². The number of benzene rings is 2. The number of aromatic nitrogens is 2. The van der Waals surface area contributed by atoms with E-state index < -0.39 is 5.97 Å². The highest BCUT2D eigenvalue weighted by Gasteiger charge is 2.26. The Hall–Kier alpha value is -3.20. The first-order chi connectivity index (χ1) is 16.6. The van der Waals surface area contributed by atoms with Gasteiger partial charge in [0.15, 0.2) is 0 Å². The van der Waals surface area contributed by atoms with Gasteiger partial charge in [-0.05, 0) is 17.7 Å². The zero-order valence-electron chi connectivity index (χ0n) is 19.0. The van der Waals surface area contributed by atoms with Gasteiger partial charge < -0.3 is 9.47 Å². The second-order valence-electron chi connectivity index (χ2n) is 7.87. The van der Waals surface area contributed by atoms with Crippen LogP contribution in [0, 0.1) is 0 Å². The summed E-state index contributed by atoms with van der Waals surface area (Å²) in [4.78, 5) is 32.9. The zero-order chi connectivity index (χ0) is 23.9. The van der Waals surface area contributed by atoms with Crippen molar-refractivity contribution in [1.29, 1.82) is 0 Å². The molecule has 0 atom stereocenters. The molecular formula is C25H27ClN4O4. The molecule has 2 aromatic carbocycles. The van der Waals surface area contributed by atoms with E-state index in [4.69, 9.17) is 26.1 Å². The van der Waals surface area contributed by atoms with Crippen molar-refractivity contribution >= 4 is 23.3 Å². The minimum absolute atomic E-state index is 0.0665. The molecule has 1 aliphatic heterocycles. The van der Waals surface area contributed by atoms with Crippen molar-refractivity contribution in [1.82, 2.24) is 14.7 Å². The van der Waals surface area contributed by atoms with E-state index in [1.165, 1.54) is 4.68 Å². The van der Waals surface area contributed by atoms with Gasteiger partial charge in [-0.1, -0.05) is 61.0 Å². The van der Waals surface area contributed by atoms with E-state index in [1.807, 2.05) is 30.3 Å². The lowest BCUT2D eigenvalue weighted by atomic mass is 10.1. The average molecular weight is 483 g/mol. The summed E-state index contributed by atoms with van der Waals surface area (Å²) in [6.07, 6.45) is 0.165. The lowest BCUT2D eigenvalue weighted by Gasteiger charge is -2.26. The first-order valence-electron chi connectivity index (χ1n) is 11.2. The number of nitrogens with one attached hydrogen (secondary N) is 1. The van der Waals surface area contributed by atoms with Crippen LogP contribution in [0.3, 0.4) is 0 Å². The largest absolute Gasteiger partial charge is 0.407 e. The third-order valence-electron chi connectivity index (χ3n) is 5.52. The highest BCUT2D eigenvalue weighted by Crippen LogP contribution is 2.22. The summed E-state index contributed by atoms with van der Waals surface area (Å²) in [5.74, 6) is -0.389. The number of morpholine rings is 1. The molecule has 1 N–H and O–H groups in total. The van der Waals surface area contributed by atoms with Crippen LogP contribution in [0.15, 0.2) is 64.4 Å². The molecule has 2 heterocycles. The van der Waals surface area contributed by atoms with Crippen LogP contribution >= 0.6 is 11.6 Å². The number of ether oxygens (including phenoxy) is 2. The van der Waals surface area contributed by atoms with E-state index >= 15 is 0 Å². The molecule has 0 aliphatic carbocycles. The van der Waals surface area contributed by atoms with Crippen molar-refractivity contribution in [2.45, 2.75) is 19.9 Å². The van der Waals surface area contributed by atoms with Crippen LogP contribution in [0.4, 0.5) is 0 Å². The maximum Gasteiger partial charge on any atom is 0.312 e. The average Bonchev–Trinajstić information content (AvgIpc) is 3.18. The number of carbonyl (C=O) groups is 1. The van der Waals surface area contributed by atoms with Gasteiger partial charge in [-0.25, -0.2) is 4.68 Å². The van der Waals surface area contributed by atoms with Gasteiger partial charge in [0.25, 0.3) is 5.56 Å². The van der Waals surface area contributed by atoms with Crippen LogP contribution in [-0.2, 0) is 16.1 Å². The standard InChI is InChI=1S/C25H27ClN4O4/c1-2-22(31)34-24-23(25(32)30(28-24)21-11-7-6-10-19(21)26)20(17-29-12-14-33-15-13-29)27-16-18-8-4-3-5-9-18/h3-11,28H,2,12-17H2,1H3. The van der Waals surface area contributed by atoms with Gasteiger partial charge in [0.05, 0.1) is 36.2 Å². The molecule has 34 heavy (non-hydrogen) atoms. The van der Waals surface area contributed by atoms with Crippen molar-refractivity contribution in [3.05, 3.63) is 81.1 Å². The normalized spacial score (nSPS) is 14.8. The molecule has 0 bridgehead atoms. The van der Waals surface area contributed by atoms with Crippen LogP contribution in [-0.4, -0.2) is 59.2 Å². The molecule has 9 heteroatoms. The Morgan fingerprint density at radius 3 is 2.53 bits per heavy atom. The van der Waals surface area contributed by atoms with Gasteiger partial charge in [-0.3, -0.25) is 24.6 Å². The maximum absolute atomic E-state index is 13.7. The third-order valence-corrected chi connectivity index (χ3v) is 5.84. The van der Waals surface area contributed by atoms with E-state index in [0.717, 1.165) is 18.7 Å². The summed E-state index contributed by atoms with van der Waals surface area (Å²) in [5.41, 5.74) is 1.85. The van der Waals surface area contributed by atoms with E-state index in [0.29, 0.717) is 42.7 Å². The van der Waals surface area contributed by atoms with E-state index in [2.05, 4.69) is 10.00 Å². The van der Waals surface area contributed by atoms with Crippen LogP contribution in [0.1, 0.15) is 24.5 Å². The quantitative estimate of drug-likeness (QED) is 0.392. The van der Waals surface area contributed by atoms with Crippen LogP contribution in [0.25, 0.3) is 5.69 Å². The number of H-pyrrole nitrogens is 1. The fourth-order valence-electron chi connectivity index (χ4n) is 3.68. The first-order valence-corrected chi connectivity index (χ1v) is 11.6. The molecule has 0 unspecified atom stereocenters. The fourth-order valence-corrected chi connectivity index (χ4v) is 3.90. The van der Waals surface area contributed by atoms with Crippen molar-refractivity contribution in [2.75, 3.05) is 32.8 Å². The minimum atomic E-state index is -0.456. The Bertz CT molecular complexity index is 1210. The Kier molecular flexibility index (Phi) is 7.95. The maximum atomic E-state index is 13.7. The predicted molar refractivity (Wildman–Crippen MR) is 131 cm³/mol. The second-order valence-corrected chi connectivity index (χ2v) is 8.28. The second kappa shape index (κ2) is 11.3. The molecule has 0 radical (unpaired) electrons. The van der Waals surface area contributed by atoms with Crippen molar-refractivity contribution in [3.63, 3.8) is 0 Å². The highest BCUT2D eigenvalue weighted by molar-refractivity contribution is 6.32. The van der Waals surface area contributed by atoms with Crippen molar-refractivity contribution in [3.8, 4) is 11.6 Å². The molecule has 0 amide bonds.